The summed E-state index contributed by atoms with van der Waals surface area (Å²) >= 11 is 0. The van der Waals surface area contributed by atoms with E-state index in [4.69, 9.17) is 19.7 Å². The molecule has 0 aromatic carbocycles. The zero-order chi connectivity index (χ0) is 9.97. The molecule has 4 atom stereocenters. The minimum absolute atomic E-state index is 0.00506. The molecule has 0 bridgehead atoms. The summed E-state index contributed by atoms with van der Waals surface area (Å²) in [5, 5.41) is 17.2. The van der Waals surface area contributed by atoms with Crippen LogP contribution in [0.25, 0.3) is 0 Å². The van der Waals surface area contributed by atoms with Gasteiger partial charge in [0.25, 0.3) is 0 Å². The van der Waals surface area contributed by atoms with Crippen molar-refractivity contribution < 1.29 is 19.7 Å². The first-order valence-electron chi connectivity index (χ1n) is 4.39. The molecule has 14 heavy (non-hydrogen) atoms. The third-order valence-electron chi connectivity index (χ3n) is 2.02. The van der Waals surface area contributed by atoms with Gasteiger partial charge in [0.2, 0.25) is 0 Å². The third kappa shape index (κ3) is 2.25. The molecule has 0 amide bonds. The van der Waals surface area contributed by atoms with E-state index < -0.39 is 0 Å². The summed E-state index contributed by atoms with van der Waals surface area (Å²) in [5.41, 5.74) is 0. The van der Waals surface area contributed by atoms with Gasteiger partial charge in [0.05, 0.1) is 13.2 Å². The van der Waals surface area contributed by atoms with Crippen molar-refractivity contribution >= 4 is 0 Å². The Morgan fingerprint density at radius 1 is 0.857 bits per heavy atom. The first-order valence-corrected chi connectivity index (χ1v) is 4.39. The van der Waals surface area contributed by atoms with Crippen LogP contribution in [-0.4, -0.2) is 47.8 Å². The van der Waals surface area contributed by atoms with Crippen LogP contribution in [0.3, 0.4) is 0 Å². The minimum Gasteiger partial charge on any atom is -0.394 e. The van der Waals surface area contributed by atoms with Gasteiger partial charge < -0.3 is 19.7 Å². The zero-order valence-electron chi connectivity index (χ0n) is 7.43. The smallest absolute Gasteiger partial charge is 0.148 e. The molecule has 4 heteroatoms. The molecule has 2 N–H and O–H groups in total. The first kappa shape index (κ1) is 9.51. The van der Waals surface area contributed by atoms with Crippen molar-refractivity contribution in [2.45, 2.75) is 24.4 Å². The van der Waals surface area contributed by atoms with Gasteiger partial charge in [-0.1, -0.05) is 11.8 Å². The molecule has 2 saturated heterocycles. The topological polar surface area (TPSA) is 65.5 Å². The van der Waals surface area contributed by atoms with Crippen LogP contribution < -0.4 is 0 Å². The summed E-state index contributed by atoms with van der Waals surface area (Å²) in [6.07, 6.45) is -0.593. The van der Waals surface area contributed by atoms with Crippen LogP contribution in [0, 0.1) is 23.7 Å². The fourth-order valence-electron chi connectivity index (χ4n) is 1.03. The lowest BCUT2D eigenvalue weighted by molar-refractivity contribution is 0.243. The Morgan fingerprint density at radius 3 is 1.57 bits per heavy atom. The molecule has 2 aliphatic rings. The normalized spacial score (nSPS) is 37.6. The maximum absolute atomic E-state index is 8.62. The van der Waals surface area contributed by atoms with Crippen molar-refractivity contribution in [2.75, 3.05) is 13.2 Å². The van der Waals surface area contributed by atoms with E-state index in [1.165, 1.54) is 0 Å². The molecule has 0 aliphatic carbocycles. The van der Waals surface area contributed by atoms with E-state index in [1.54, 1.807) is 0 Å². The molecule has 74 valence electrons. The number of aliphatic hydroxyl groups is 2. The van der Waals surface area contributed by atoms with Crippen molar-refractivity contribution in [3.8, 4) is 23.7 Å². The monoisotopic (exact) mass is 194 g/mol. The average molecular weight is 194 g/mol. The number of epoxide rings is 2. The number of rotatable bonds is 2. The summed E-state index contributed by atoms with van der Waals surface area (Å²) in [5.74, 6) is 10.7. The Bertz CT molecular complexity index is 296. The summed E-state index contributed by atoms with van der Waals surface area (Å²) in [6, 6.07) is 0. The van der Waals surface area contributed by atoms with Gasteiger partial charge in [-0.3, -0.25) is 0 Å². The summed E-state index contributed by atoms with van der Waals surface area (Å²) < 4.78 is 9.94. The van der Waals surface area contributed by atoms with Gasteiger partial charge >= 0.3 is 0 Å². The van der Waals surface area contributed by atoms with E-state index in [9.17, 15) is 0 Å². The Hall–Kier alpha value is -1.04. The lowest BCUT2D eigenvalue weighted by Gasteiger charge is -1.74. The van der Waals surface area contributed by atoms with Gasteiger partial charge in [0.1, 0.15) is 24.4 Å². The van der Waals surface area contributed by atoms with Gasteiger partial charge in [0, 0.05) is 0 Å². The van der Waals surface area contributed by atoms with Crippen molar-refractivity contribution in [3.05, 3.63) is 0 Å². The standard InChI is InChI=1S/C10H10O4/c11-5-9-7(13-9)3-1-2-4-8-10(6-12)14-8/h7-12H,5-6H2/t7-,8-,9-,10-/m0/s1. The third-order valence-corrected chi connectivity index (χ3v) is 2.02. The molecule has 0 aromatic rings. The van der Waals surface area contributed by atoms with Gasteiger partial charge in [0.15, 0.2) is 0 Å². The van der Waals surface area contributed by atoms with Gasteiger partial charge in [-0.2, -0.15) is 0 Å². The molecule has 2 fully saturated rings. The highest BCUT2D eigenvalue weighted by molar-refractivity contribution is 5.32. The fraction of sp³-hybridized carbons (Fsp3) is 0.600. The number of ether oxygens (including phenoxy) is 2. The quantitative estimate of drug-likeness (QED) is 0.415. The highest BCUT2D eigenvalue weighted by Gasteiger charge is 2.37. The maximum Gasteiger partial charge on any atom is 0.148 e. The zero-order valence-corrected chi connectivity index (χ0v) is 7.43. The highest BCUT2D eigenvalue weighted by Crippen LogP contribution is 2.20. The number of hydrogen-bond donors (Lipinski definition) is 2. The van der Waals surface area contributed by atoms with Crippen LogP contribution in [0.4, 0.5) is 0 Å². The fourth-order valence-corrected chi connectivity index (χ4v) is 1.03. The predicted octanol–water partition coefficient (Wildman–Crippen LogP) is -1.49. The molecule has 2 rings (SSSR count). The van der Waals surface area contributed by atoms with Crippen LogP contribution in [0.15, 0.2) is 0 Å². The molecule has 0 saturated carbocycles. The molecule has 0 radical (unpaired) electrons. The van der Waals surface area contributed by atoms with E-state index in [0.717, 1.165) is 0 Å². The Balaban J connectivity index is 1.72. The molecule has 2 aliphatic heterocycles. The molecular weight excluding hydrogens is 184 g/mol. The molecule has 2 heterocycles. The summed E-state index contributed by atoms with van der Waals surface area (Å²) in [4.78, 5) is 0. The number of hydrogen-bond acceptors (Lipinski definition) is 4. The lowest BCUT2D eigenvalue weighted by atomic mass is 10.3. The van der Waals surface area contributed by atoms with Crippen LogP contribution in [0.5, 0.6) is 0 Å². The van der Waals surface area contributed by atoms with E-state index in [2.05, 4.69) is 23.7 Å². The summed E-state index contributed by atoms with van der Waals surface area (Å²) in [7, 11) is 0. The van der Waals surface area contributed by atoms with Gasteiger partial charge in [-0.05, 0) is 11.8 Å². The van der Waals surface area contributed by atoms with Crippen molar-refractivity contribution in [1.29, 1.82) is 0 Å². The van der Waals surface area contributed by atoms with Crippen LogP contribution in [0.1, 0.15) is 0 Å². The lowest BCUT2D eigenvalue weighted by Crippen LogP contribution is -1.96. The van der Waals surface area contributed by atoms with E-state index in [1.807, 2.05) is 0 Å². The second kappa shape index (κ2) is 4.00. The second-order valence-electron chi connectivity index (χ2n) is 3.09. The molecule has 0 unspecified atom stereocenters. The van der Waals surface area contributed by atoms with Crippen LogP contribution >= 0.6 is 0 Å². The van der Waals surface area contributed by atoms with E-state index in [0.29, 0.717) is 0 Å². The minimum atomic E-state index is -0.164. The molecule has 0 aromatic heterocycles. The van der Waals surface area contributed by atoms with Crippen molar-refractivity contribution in [1.82, 2.24) is 0 Å². The Labute approximate surface area is 81.8 Å². The van der Waals surface area contributed by atoms with E-state index in [-0.39, 0.29) is 37.6 Å². The first-order chi connectivity index (χ1) is 6.85. The summed E-state index contributed by atoms with van der Waals surface area (Å²) in [6.45, 7) is 0.0101. The molecule has 4 nitrogen and oxygen atoms in total. The van der Waals surface area contributed by atoms with Crippen molar-refractivity contribution in [2.24, 2.45) is 0 Å². The van der Waals surface area contributed by atoms with Crippen LogP contribution in [-0.2, 0) is 9.47 Å². The van der Waals surface area contributed by atoms with Gasteiger partial charge in [-0.25, -0.2) is 0 Å². The van der Waals surface area contributed by atoms with Crippen LogP contribution in [0.2, 0.25) is 0 Å². The SMILES string of the molecule is OC[C@@H]1O[C@H]1C#CC#C[C@@H]1O[C@H]1CO. The maximum atomic E-state index is 8.62. The predicted molar refractivity (Wildman–Crippen MR) is 47.0 cm³/mol. The number of aliphatic hydroxyl groups excluding tert-OH is 2. The van der Waals surface area contributed by atoms with Gasteiger partial charge in [-0.15, -0.1) is 0 Å². The largest absolute Gasteiger partial charge is 0.394 e. The average Bonchev–Trinajstić information content (AvgIpc) is 3.08. The molecule has 0 spiro atoms. The Morgan fingerprint density at radius 2 is 1.29 bits per heavy atom. The highest BCUT2D eigenvalue weighted by atomic mass is 16.6. The van der Waals surface area contributed by atoms with Crippen molar-refractivity contribution in [3.63, 3.8) is 0 Å². The Kier molecular flexibility index (Phi) is 2.72. The van der Waals surface area contributed by atoms with E-state index >= 15 is 0 Å². The second-order valence-corrected chi connectivity index (χ2v) is 3.09. The molecular formula is C10H10O4.